The SMILES string of the molecule is OCCn1cc(CNc2ccc(-c3cnco3)cc2)cn1. The highest BCUT2D eigenvalue weighted by Gasteiger charge is 2.02. The number of hydrogen-bond donors (Lipinski definition) is 2. The maximum atomic E-state index is 8.85. The van der Waals surface area contributed by atoms with Crippen molar-refractivity contribution in [2.75, 3.05) is 11.9 Å². The molecule has 0 unspecified atom stereocenters. The molecule has 3 aromatic rings. The number of hydrogen-bond acceptors (Lipinski definition) is 5. The summed E-state index contributed by atoms with van der Waals surface area (Å²) in [5.41, 5.74) is 3.09. The summed E-state index contributed by atoms with van der Waals surface area (Å²) in [5.74, 6) is 0.756. The van der Waals surface area contributed by atoms with Crippen LogP contribution < -0.4 is 5.32 Å². The Morgan fingerprint density at radius 3 is 2.76 bits per heavy atom. The van der Waals surface area contributed by atoms with Crippen LogP contribution >= 0.6 is 0 Å². The molecule has 0 spiro atoms. The number of benzene rings is 1. The molecule has 0 fully saturated rings. The van der Waals surface area contributed by atoms with Crippen LogP contribution in [0.2, 0.25) is 0 Å². The Morgan fingerprint density at radius 1 is 1.19 bits per heavy atom. The molecule has 6 heteroatoms. The molecule has 0 radical (unpaired) electrons. The van der Waals surface area contributed by atoms with Gasteiger partial charge in [-0.15, -0.1) is 0 Å². The quantitative estimate of drug-likeness (QED) is 0.725. The van der Waals surface area contributed by atoms with E-state index in [0.29, 0.717) is 13.1 Å². The Bertz CT molecular complexity index is 674. The summed E-state index contributed by atoms with van der Waals surface area (Å²) in [6.07, 6.45) is 6.83. The highest BCUT2D eigenvalue weighted by atomic mass is 16.3. The monoisotopic (exact) mass is 284 g/mol. The molecule has 2 heterocycles. The number of anilines is 1. The largest absolute Gasteiger partial charge is 0.444 e. The number of aromatic nitrogens is 3. The molecule has 1 aromatic carbocycles. The number of aliphatic hydroxyl groups excluding tert-OH is 1. The van der Waals surface area contributed by atoms with Gasteiger partial charge in [0.2, 0.25) is 0 Å². The van der Waals surface area contributed by atoms with E-state index >= 15 is 0 Å². The second-order valence-corrected chi connectivity index (χ2v) is 4.63. The van der Waals surface area contributed by atoms with Crippen molar-refractivity contribution < 1.29 is 9.52 Å². The summed E-state index contributed by atoms with van der Waals surface area (Å²) in [7, 11) is 0. The first-order valence-corrected chi connectivity index (χ1v) is 6.70. The standard InChI is InChI=1S/C15H16N4O2/c20-6-5-19-10-12(8-18-19)7-17-14-3-1-13(2-4-14)15-9-16-11-21-15/h1-4,8-11,17,20H,5-7H2. The number of oxazole rings is 1. The molecule has 0 amide bonds. The third kappa shape index (κ3) is 3.29. The van der Waals surface area contributed by atoms with E-state index in [1.54, 1.807) is 17.1 Å². The van der Waals surface area contributed by atoms with E-state index in [1.807, 2.05) is 30.5 Å². The number of nitrogens with one attached hydrogen (secondary N) is 1. The van der Waals surface area contributed by atoms with Gasteiger partial charge in [-0.2, -0.15) is 5.10 Å². The fraction of sp³-hybridized carbons (Fsp3) is 0.200. The Labute approximate surface area is 122 Å². The van der Waals surface area contributed by atoms with E-state index in [9.17, 15) is 0 Å². The Hall–Kier alpha value is -2.60. The Balaban J connectivity index is 1.60. The van der Waals surface area contributed by atoms with Gasteiger partial charge in [-0.3, -0.25) is 4.68 Å². The lowest BCUT2D eigenvalue weighted by atomic mass is 10.1. The van der Waals surface area contributed by atoms with Crippen molar-refractivity contribution in [2.45, 2.75) is 13.1 Å². The van der Waals surface area contributed by atoms with Gasteiger partial charge in [0.1, 0.15) is 0 Å². The third-order valence-electron chi connectivity index (χ3n) is 3.11. The second kappa shape index (κ2) is 6.23. The minimum Gasteiger partial charge on any atom is -0.444 e. The van der Waals surface area contributed by atoms with Gasteiger partial charge in [-0.05, 0) is 24.3 Å². The van der Waals surface area contributed by atoms with Crippen LogP contribution in [0.5, 0.6) is 0 Å². The van der Waals surface area contributed by atoms with Gasteiger partial charge >= 0.3 is 0 Å². The Morgan fingerprint density at radius 2 is 2.05 bits per heavy atom. The van der Waals surface area contributed by atoms with Crippen LogP contribution in [0.25, 0.3) is 11.3 Å². The molecule has 6 nitrogen and oxygen atoms in total. The van der Waals surface area contributed by atoms with Crippen LogP contribution in [-0.2, 0) is 13.1 Å². The van der Waals surface area contributed by atoms with Crippen molar-refractivity contribution in [1.82, 2.24) is 14.8 Å². The zero-order valence-electron chi connectivity index (χ0n) is 11.4. The number of nitrogens with zero attached hydrogens (tertiary/aromatic N) is 3. The summed E-state index contributed by atoms with van der Waals surface area (Å²) >= 11 is 0. The molecular formula is C15H16N4O2. The molecule has 2 N–H and O–H groups in total. The predicted molar refractivity (Wildman–Crippen MR) is 78.6 cm³/mol. The molecule has 0 aliphatic rings. The van der Waals surface area contributed by atoms with Gasteiger partial charge < -0.3 is 14.8 Å². The summed E-state index contributed by atoms with van der Waals surface area (Å²) in [6, 6.07) is 7.96. The lowest BCUT2D eigenvalue weighted by Crippen LogP contribution is -2.02. The van der Waals surface area contributed by atoms with Gasteiger partial charge in [0.05, 0.1) is 25.5 Å². The highest BCUT2D eigenvalue weighted by Crippen LogP contribution is 2.20. The van der Waals surface area contributed by atoms with Crippen LogP contribution in [-0.4, -0.2) is 26.5 Å². The minimum atomic E-state index is 0.0949. The number of rotatable bonds is 6. The zero-order chi connectivity index (χ0) is 14.5. The Kier molecular flexibility index (Phi) is 3.97. The molecular weight excluding hydrogens is 268 g/mol. The lowest BCUT2D eigenvalue weighted by Gasteiger charge is -2.05. The maximum Gasteiger partial charge on any atom is 0.181 e. The van der Waals surface area contributed by atoms with E-state index < -0.39 is 0 Å². The topological polar surface area (TPSA) is 76.1 Å². The van der Waals surface area contributed by atoms with E-state index in [0.717, 1.165) is 22.6 Å². The van der Waals surface area contributed by atoms with E-state index in [4.69, 9.17) is 9.52 Å². The van der Waals surface area contributed by atoms with Crippen molar-refractivity contribution in [3.05, 3.63) is 54.8 Å². The molecule has 0 saturated carbocycles. The van der Waals surface area contributed by atoms with E-state index in [2.05, 4.69) is 15.4 Å². The molecule has 0 aliphatic heterocycles. The zero-order valence-corrected chi connectivity index (χ0v) is 11.4. The predicted octanol–water partition coefficient (Wildman–Crippen LogP) is 2.14. The van der Waals surface area contributed by atoms with Gasteiger partial charge in [0, 0.05) is 29.6 Å². The van der Waals surface area contributed by atoms with Crippen molar-refractivity contribution in [3.63, 3.8) is 0 Å². The summed E-state index contributed by atoms with van der Waals surface area (Å²) in [5, 5.41) is 16.3. The van der Waals surface area contributed by atoms with Crippen LogP contribution in [0, 0.1) is 0 Å². The first kappa shape index (κ1) is 13.4. The average molecular weight is 284 g/mol. The lowest BCUT2D eigenvalue weighted by molar-refractivity contribution is 0.269. The van der Waals surface area contributed by atoms with Crippen LogP contribution in [0.1, 0.15) is 5.56 Å². The molecule has 0 bridgehead atoms. The maximum absolute atomic E-state index is 8.85. The van der Waals surface area contributed by atoms with Gasteiger partial charge in [0.15, 0.2) is 12.2 Å². The molecule has 21 heavy (non-hydrogen) atoms. The van der Waals surface area contributed by atoms with Crippen LogP contribution in [0.15, 0.2) is 53.7 Å². The fourth-order valence-corrected chi connectivity index (χ4v) is 2.04. The van der Waals surface area contributed by atoms with Crippen molar-refractivity contribution >= 4 is 5.69 Å². The van der Waals surface area contributed by atoms with Gasteiger partial charge in [-0.1, -0.05) is 0 Å². The molecule has 3 rings (SSSR count). The van der Waals surface area contributed by atoms with Crippen molar-refractivity contribution in [3.8, 4) is 11.3 Å². The van der Waals surface area contributed by atoms with Gasteiger partial charge in [0.25, 0.3) is 0 Å². The van der Waals surface area contributed by atoms with Crippen molar-refractivity contribution in [1.29, 1.82) is 0 Å². The van der Waals surface area contributed by atoms with Gasteiger partial charge in [-0.25, -0.2) is 4.98 Å². The summed E-state index contributed by atoms with van der Waals surface area (Å²) in [4.78, 5) is 3.91. The molecule has 0 saturated heterocycles. The van der Waals surface area contributed by atoms with Crippen LogP contribution in [0.3, 0.4) is 0 Å². The summed E-state index contributed by atoms with van der Waals surface area (Å²) in [6.45, 7) is 1.30. The average Bonchev–Trinajstić information content (AvgIpc) is 3.18. The first-order chi connectivity index (χ1) is 10.3. The normalized spacial score (nSPS) is 10.7. The highest BCUT2D eigenvalue weighted by molar-refractivity contribution is 5.60. The summed E-state index contributed by atoms with van der Waals surface area (Å²) < 4.78 is 6.98. The molecule has 0 aliphatic carbocycles. The van der Waals surface area contributed by atoms with Crippen LogP contribution in [0.4, 0.5) is 5.69 Å². The third-order valence-corrected chi connectivity index (χ3v) is 3.11. The molecule has 0 atom stereocenters. The first-order valence-electron chi connectivity index (χ1n) is 6.70. The van der Waals surface area contributed by atoms with E-state index in [-0.39, 0.29) is 6.61 Å². The smallest absolute Gasteiger partial charge is 0.181 e. The fourth-order valence-electron chi connectivity index (χ4n) is 2.04. The number of aliphatic hydroxyl groups is 1. The molecule has 2 aromatic heterocycles. The van der Waals surface area contributed by atoms with E-state index in [1.165, 1.54) is 6.39 Å². The van der Waals surface area contributed by atoms with Crippen molar-refractivity contribution in [2.24, 2.45) is 0 Å². The minimum absolute atomic E-state index is 0.0949. The molecule has 108 valence electrons. The second-order valence-electron chi connectivity index (χ2n) is 4.63.